The van der Waals surface area contributed by atoms with Crippen molar-refractivity contribution >= 4 is 35.0 Å². The number of amides is 2. The fraction of sp³-hybridized carbons (Fsp3) is 0.297. The molecule has 7 rings (SSSR count). The lowest BCUT2D eigenvalue weighted by molar-refractivity contribution is -0.124. The van der Waals surface area contributed by atoms with E-state index in [4.69, 9.17) is 0 Å². The molecule has 4 aromatic rings. The van der Waals surface area contributed by atoms with Crippen molar-refractivity contribution in [1.29, 1.82) is 0 Å². The molecule has 3 heterocycles. The SMILES string of the molecule is CC(C)c1ccc(N2C(=O)CSC23C(=O)N(CN2CCN(C(c4ccccc4)c4ccccc4)CC2)c2ccccc23)cc1. The quantitative estimate of drug-likeness (QED) is 0.243. The van der Waals surface area contributed by atoms with Crippen LogP contribution in [0.3, 0.4) is 0 Å². The molecule has 3 aliphatic rings. The zero-order chi connectivity index (χ0) is 30.3. The van der Waals surface area contributed by atoms with Crippen LogP contribution in [0.1, 0.15) is 48.1 Å². The molecule has 7 heteroatoms. The van der Waals surface area contributed by atoms with Crippen molar-refractivity contribution in [3.8, 4) is 0 Å². The summed E-state index contributed by atoms with van der Waals surface area (Å²) in [4.78, 5) is 35.6. The van der Waals surface area contributed by atoms with Crippen LogP contribution in [0, 0.1) is 0 Å². The molecular formula is C37H38N4O2S. The lowest BCUT2D eigenvalue weighted by atomic mass is 9.96. The van der Waals surface area contributed by atoms with E-state index in [1.165, 1.54) is 28.5 Å². The smallest absolute Gasteiger partial charge is 0.269 e. The van der Waals surface area contributed by atoms with Crippen molar-refractivity contribution in [2.45, 2.75) is 30.7 Å². The number of nitrogens with zero attached hydrogens (tertiary/aromatic N) is 4. The highest BCUT2D eigenvalue weighted by molar-refractivity contribution is 8.02. The fourth-order valence-electron chi connectivity index (χ4n) is 6.95. The summed E-state index contributed by atoms with van der Waals surface area (Å²) in [5, 5.41) is 0. The van der Waals surface area contributed by atoms with Crippen LogP contribution in [0.2, 0.25) is 0 Å². The van der Waals surface area contributed by atoms with Crippen molar-refractivity contribution < 1.29 is 9.59 Å². The van der Waals surface area contributed by atoms with Gasteiger partial charge in [0, 0.05) is 37.4 Å². The zero-order valence-corrected chi connectivity index (χ0v) is 26.1. The first-order valence-corrected chi connectivity index (χ1v) is 16.5. The zero-order valence-electron chi connectivity index (χ0n) is 25.3. The Kier molecular flexibility index (Phi) is 7.79. The topological polar surface area (TPSA) is 47.1 Å². The maximum atomic E-state index is 14.6. The molecule has 224 valence electrons. The molecule has 0 aliphatic carbocycles. The summed E-state index contributed by atoms with van der Waals surface area (Å²) < 4.78 is 0. The van der Waals surface area contributed by atoms with Crippen LogP contribution in [0.4, 0.5) is 11.4 Å². The van der Waals surface area contributed by atoms with E-state index < -0.39 is 4.87 Å². The summed E-state index contributed by atoms with van der Waals surface area (Å²) in [6.07, 6.45) is 0. The highest BCUT2D eigenvalue weighted by Gasteiger charge is 2.61. The molecule has 0 saturated carbocycles. The molecule has 0 aromatic heterocycles. The van der Waals surface area contributed by atoms with E-state index >= 15 is 0 Å². The van der Waals surface area contributed by atoms with Crippen LogP contribution in [-0.4, -0.2) is 60.2 Å². The van der Waals surface area contributed by atoms with Crippen LogP contribution in [0.15, 0.2) is 109 Å². The van der Waals surface area contributed by atoms with Gasteiger partial charge in [-0.3, -0.25) is 29.2 Å². The highest BCUT2D eigenvalue weighted by atomic mass is 32.2. The molecule has 0 N–H and O–H groups in total. The average Bonchev–Trinajstić information content (AvgIpc) is 3.53. The first-order valence-electron chi connectivity index (χ1n) is 15.5. The first kappa shape index (κ1) is 28.8. The van der Waals surface area contributed by atoms with Gasteiger partial charge in [-0.1, -0.05) is 105 Å². The van der Waals surface area contributed by atoms with E-state index in [-0.39, 0.29) is 23.6 Å². The molecule has 2 saturated heterocycles. The van der Waals surface area contributed by atoms with Gasteiger partial charge in [0.05, 0.1) is 24.2 Å². The normalized spacial score (nSPS) is 20.8. The number of benzene rings is 4. The average molecular weight is 603 g/mol. The lowest BCUT2D eigenvalue weighted by Crippen LogP contribution is -2.54. The summed E-state index contributed by atoms with van der Waals surface area (Å²) >= 11 is 1.45. The number of anilines is 2. The molecule has 1 atom stereocenters. The third kappa shape index (κ3) is 4.93. The van der Waals surface area contributed by atoms with Gasteiger partial charge in [-0.25, -0.2) is 0 Å². The van der Waals surface area contributed by atoms with Gasteiger partial charge in [0.1, 0.15) is 0 Å². The summed E-state index contributed by atoms with van der Waals surface area (Å²) in [6.45, 7) is 8.30. The number of piperazine rings is 1. The lowest BCUT2D eigenvalue weighted by Gasteiger charge is -2.41. The minimum absolute atomic E-state index is 0.0289. The molecule has 3 aliphatic heterocycles. The van der Waals surface area contributed by atoms with Crippen molar-refractivity contribution in [3.05, 3.63) is 131 Å². The molecule has 1 spiro atoms. The number of para-hydroxylation sites is 1. The number of thioether (sulfide) groups is 1. The van der Waals surface area contributed by atoms with Gasteiger partial charge in [0.25, 0.3) is 5.91 Å². The van der Waals surface area contributed by atoms with Gasteiger partial charge in [-0.05, 0) is 40.8 Å². The predicted molar refractivity (Wildman–Crippen MR) is 179 cm³/mol. The third-order valence-corrected chi connectivity index (χ3v) is 10.6. The molecule has 0 bridgehead atoms. The minimum atomic E-state index is -1.08. The molecule has 0 radical (unpaired) electrons. The molecule has 1 unspecified atom stereocenters. The van der Waals surface area contributed by atoms with Gasteiger partial charge in [-0.2, -0.15) is 0 Å². The van der Waals surface area contributed by atoms with Crippen molar-refractivity contribution in [2.75, 3.05) is 48.4 Å². The second kappa shape index (κ2) is 11.9. The number of carbonyl (C=O) groups is 2. The maximum Gasteiger partial charge on any atom is 0.269 e. The van der Waals surface area contributed by atoms with E-state index in [1.54, 1.807) is 4.90 Å². The Hall–Kier alpha value is -3.91. The standard InChI is InChI=1S/C37H38N4O2S/c1-27(2)28-17-19-31(20-18-28)41-34(42)25-44-37(41)32-15-9-10-16-33(32)40(36(37)43)26-38-21-23-39(24-22-38)35(29-11-5-3-6-12-29)30-13-7-4-8-14-30/h3-20,27,35H,21-26H2,1-2H3. The first-order chi connectivity index (χ1) is 21.5. The predicted octanol–water partition coefficient (Wildman–Crippen LogP) is 6.45. The van der Waals surface area contributed by atoms with Gasteiger partial charge in [-0.15, -0.1) is 11.8 Å². The van der Waals surface area contributed by atoms with Crippen LogP contribution in [0.5, 0.6) is 0 Å². The van der Waals surface area contributed by atoms with Gasteiger partial charge < -0.3 is 0 Å². The maximum absolute atomic E-state index is 14.6. The second-order valence-electron chi connectivity index (χ2n) is 12.2. The van der Waals surface area contributed by atoms with Crippen molar-refractivity contribution in [3.63, 3.8) is 0 Å². The Morgan fingerprint density at radius 3 is 1.91 bits per heavy atom. The van der Waals surface area contributed by atoms with Crippen molar-refractivity contribution in [2.24, 2.45) is 0 Å². The highest BCUT2D eigenvalue weighted by Crippen LogP contribution is 2.55. The number of hydrogen-bond acceptors (Lipinski definition) is 5. The van der Waals surface area contributed by atoms with E-state index in [0.717, 1.165) is 43.1 Å². The van der Waals surface area contributed by atoms with Crippen LogP contribution in [0.25, 0.3) is 0 Å². The Morgan fingerprint density at radius 1 is 0.705 bits per heavy atom. The molecule has 2 fully saturated rings. The molecule has 6 nitrogen and oxygen atoms in total. The summed E-state index contributed by atoms with van der Waals surface area (Å²) in [5.41, 5.74) is 6.38. The number of carbonyl (C=O) groups excluding carboxylic acids is 2. The van der Waals surface area contributed by atoms with E-state index in [9.17, 15) is 9.59 Å². The summed E-state index contributed by atoms with van der Waals surface area (Å²) in [5.74, 6) is 0.607. The van der Waals surface area contributed by atoms with Crippen molar-refractivity contribution in [1.82, 2.24) is 9.80 Å². The third-order valence-electron chi connectivity index (χ3n) is 9.23. The van der Waals surface area contributed by atoms with E-state index in [1.807, 2.05) is 41.3 Å². The Bertz CT molecular complexity index is 1600. The van der Waals surface area contributed by atoms with Gasteiger partial charge in [0.2, 0.25) is 10.8 Å². The Labute approximate surface area is 264 Å². The second-order valence-corrected chi connectivity index (χ2v) is 13.3. The molecule has 44 heavy (non-hydrogen) atoms. The van der Waals surface area contributed by atoms with Gasteiger partial charge >= 0.3 is 0 Å². The summed E-state index contributed by atoms with van der Waals surface area (Å²) in [6, 6.07) is 37.8. The van der Waals surface area contributed by atoms with E-state index in [0.29, 0.717) is 12.6 Å². The molecule has 2 amide bonds. The van der Waals surface area contributed by atoms with Crippen LogP contribution >= 0.6 is 11.8 Å². The monoisotopic (exact) mass is 602 g/mol. The number of rotatable bonds is 7. The Morgan fingerprint density at radius 2 is 1.30 bits per heavy atom. The molecular weight excluding hydrogens is 565 g/mol. The molecule has 4 aromatic carbocycles. The van der Waals surface area contributed by atoms with Crippen LogP contribution < -0.4 is 9.80 Å². The van der Waals surface area contributed by atoms with Gasteiger partial charge in [0.15, 0.2) is 0 Å². The number of fused-ring (bicyclic) bond motifs is 2. The summed E-state index contributed by atoms with van der Waals surface area (Å²) in [7, 11) is 0. The van der Waals surface area contributed by atoms with E-state index in [2.05, 4.69) is 96.4 Å². The Balaban J connectivity index is 1.13. The van der Waals surface area contributed by atoms with Crippen LogP contribution in [-0.2, 0) is 14.5 Å². The largest absolute Gasteiger partial charge is 0.295 e. The fourth-order valence-corrected chi connectivity index (χ4v) is 8.31. The minimum Gasteiger partial charge on any atom is -0.295 e. The number of hydrogen-bond donors (Lipinski definition) is 0.